The molecular weight excluding hydrogens is 204 g/mol. The average molecular weight is 222 g/mol. The third-order valence-electron chi connectivity index (χ3n) is 1.96. The maximum atomic E-state index is 5.46. The summed E-state index contributed by atoms with van der Waals surface area (Å²) in [5, 5.41) is 0. The Bertz CT molecular complexity index is 352. The average Bonchev–Trinajstić information content (AvgIpc) is 2.29. The Morgan fingerprint density at radius 1 is 1.56 bits per heavy atom. The van der Waals surface area contributed by atoms with Crippen LogP contribution in [0.1, 0.15) is 32.0 Å². The molecule has 0 aliphatic heterocycles. The van der Waals surface area contributed by atoms with Gasteiger partial charge in [0, 0.05) is 12.0 Å². The fraction of sp³-hybridized carbons (Fsp3) is 0.455. The van der Waals surface area contributed by atoms with E-state index in [2.05, 4.69) is 22.0 Å². The van der Waals surface area contributed by atoms with Crippen LogP contribution in [0.25, 0.3) is 0 Å². The first-order chi connectivity index (χ1) is 7.67. The van der Waals surface area contributed by atoms with Gasteiger partial charge in [0.05, 0.1) is 6.61 Å². The van der Waals surface area contributed by atoms with Crippen LogP contribution in [0.5, 0.6) is 5.88 Å². The highest BCUT2D eigenvalue weighted by Gasteiger charge is 2.07. The maximum absolute atomic E-state index is 5.46. The van der Waals surface area contributed by atoms with Crippen molar-refractivity contribution >= 4 is 5.82 Å². The number of hydrogen-bond acceptors (Lipinski definition) is 5. The number of nitrogen functional groups attached to an aromatic ring is 1. The molecule has 0 saturated carbocycles. The van der Waals surface area contributed by atoms with Crippen LogP contribution in [0.2, 0.25) is 0 Å². The van der Waals surface area contributed by atoms with E-state index in [0.29, 0.717) is 24.1 Å². The highest BCUT2D eigenvalue weighted by Crippen LogP contribution is 2.17. The topological polar surface area (TPSA) is 73.1 Å². The van der Waals surface area contributed by atoms with E-state index in [9.17, 15) is 0 Å². The molecule has 0 aliphatic rings. The van der Waals surface area contributed by atoms with E-state index in [1.165, 1.54) is 0 Å². The molecule has 0 bridgehead atoms. The Morgan fingerprint density at radius 3 is 2.88 bits per heavy atom. The summed E-state index contributed by atoms with van der Waals surface area (Å²) >= 11 is 0. The fourth-order valence-corrected chi connectivity index (χ4v) is 1.10. The Labute approximate surface area is 95.7 Å². The number of anilines is 1. The molecule has 0 aromatic carbocycles. The summed E-state index contributed by atoms with van der Waals surface area (Å²) in [5.41, 5.74) is 2.50. The van der Waals surface area contributed by atoms with Crippen LogP contribution in [0.4, 0.5) is 5.82 Å². The largest absolute Gasteiger partial charge is 0.477 e. The molecule has 1 heterocycles. The van der Waals surface area contributed by atoms with Crippen molar-refractivity contribution < 1.29 is 4.74 Å². The molecule has 0 atom stereocenters. The highest BCUT2D eigenvalue weighted by molar-refractivity contribution is 5.37. The third-order valence-corrected chi connectivity index (χ3v) is 1.96. The number of nitrogens with zero attached hydrogens (tertiary/aromatic N) is 2. The molecule has 5 heteroatoms. The van der Waals surface area contributed by atoms with E-state index in [1.807, 2.05) is 13.8 Å². The van der Waals surface area contributed by atoms with Gasteiger partial charge in [0.15, 0.2) is 0 Å². The molecule has 3 N–H and O–H groups in total. The van der Waals surface area contributed by atoms with Gasteiger partial charge in [0.1, 0.15) is 11.6 Å². The van der Waals surface area contributed by atoms with Crippen LogP contribution in [-0.2, 0) is 0 Å². The van der Waals surface area contributed by atoms with Crippen molar-refractivity contribution in [2.45, 2.75) is 26.2 Å². The molecule has 0 saturated heterocycles. The van der Waals surface area contributed by atoms with Crippen LogP contribution in [0.15, 0.2) is 18.7 Å². The van der Waals surface area contributed by atoms with Crippen LogP contribution in [0, 0.1) is 0 Å². The van der Waals surface area contributed by atoms with Gasteiger partial charge in [-0.2, -0.15) is 4.98 Å². The molecule has 5 nitrogen and oxygen atoms in total. The number of aromatic nitrogens is 2. The number of rotatable bonds is 6. The fourth-order valence-electron chi connectivity index (χ4n) is 1.10. The summed E-state index contributed by atoms with van der Waals surface area (Å²) in [4.78, 5) is 8.52. The molecule has 0 aliphatic carbocycles. The normalized spacial score (nSPS) is 10.2. The zero-order chi connectivity index (χ0) is 12.0. The number of nitrogens with two attached hydrogens (primary N) is 1. The van der Waals surface area contributed by atoms with Crippen molar-refractivity contribution in [3.8, 4) is 5.88 Å². The van der Waals surface area contributed by atoms with Crippen molar-refractivity contribution in [3.05, 3.63) is 24.5 Å². The third kappa shape index (κ3) is 3.51. The molecule has 0 fully saturated rings. The predicted molar refractivity (Wildman–Crippen MR) is 64.2 cm³/mol. The van der Waals surface area contributed by atoms with E-state index in [0.717, 1.165) is 6.42 Å². The lowest BCUT2D eigenvalue weighted by Gasteiger charge is -2.10. The summed E-state index contributed by atoms with van der Waals surface area (Å²) < 4.78 is 5.46. The molecule has 16 heavy (non-hydrogen) atoms. The quantitative estimate of drug-likeness (QED) is 0.332. The van der Waals surface area contributed by atoms with Crippen molar-refractivity contribution in [2.24, 2.45) is 5.84 Å². The molecule has 1 aromatic heterocycles. The van der Waals surface area contributed by atoms with E-state index in [1.54, 1.807) is 12.1 Å². The van der Waals surface area contributed by atoms with E-state index >= 15 is 0 Å². The molecule has 1 aromatic rings. The molecule has 1 rings (SSSR count). The minimum absolute atomic E-state index is 0.232. The maximum Gasteiger partial charge on any atom is 0.218 e. The van der Waals surface area contributed by atoms with E-state index in [4.69, 9.17) is 10.6 Å². The summed E-state index contributed by atoms with van der Waals surface area (Å²) in [5.74, 6) is 7.37. The van der Waals surface area contributed by atoms with Gasteiger partial charge >= 0.3 is 0 Å². The Balaban J connectivity index is 2.82. The van der Waals surface area contributed by atoms with E-state index < -0.39 is 0 Å². The summed E-state index contributed by atoms with van der Waals surface area (Å²) in [6.07, 6.45) is 2.58. The second-order valence-corrected chi connectivity index (χ2v) is 3.67. The molecule has 88 valence electrons. The van der Waals surface area contributed by atoms with Gasteiger partial charge in [-0.05, 0) is 6.42 Å². The monoisotopic (exact) mass is 222 g/mol. The van der Waals surface area contributed by atoms with Crippen molar-refractivity contribution in [1.29, 1.82) is 0 Å². The Hall–Kier alpha value is -1.62. The highest BCUT2D eigenvalue weighted by atomic mass is 16.5. The summed E-state index contributed by atoms with van der Waals surface area (Å²) in [6.45, 7) is 8.22. The lowest BCUT2D eigenvalue weighted by atomic mass is 10.2. The van der Waals surface area contributed by atoms with Crippen molar-refractivity contribution in [1.82, 2.24) is 9.97 Å². The molecule has 0 amide bonds. The lowest BCUT2D eigenvalue weighted by molar-refractivity contribution is 0.310. The second-order valence-electron chi connectivity index (χ2n) is 3.67. The predicted octanol–water partition coefficient (Wildman–Crippen LogP) is 1.84. The second kappa shape index (κ2) is 6.07. The number of nitrogens with one attached hydrogen (secondary N) is 1. The van der Waals surface area contributed by atoms with Gasteiger partial charge < -0.3 is 10.2 Å². The molecule has 0 spiro atoms. The van der Waals surface area contributed by atoms with Crippen molar-refractivity contribution in [3.63, 3.8) is 0 Å². The first-order valence-electron chi connectivity index (χ1n) is 5.26. The van der Waals surface area contributed by atoms with E-state index in [-0.39, 0.29) is 5.92 Å². The van der Waals surface area contributed by atoms with Crippen LogP contribution < -0.4 is 16.0 Å². The molecular formula is C11H18N4O. The Morgan fingerprint density at radius 2 is 2.31 bits per heavy atom. The smallest absolute Gasteiger partial charge is 0.218 e. The molecule has 0 unspecified atom stereocenters. The van der Waals surface area contributed by atoms with Gasteiger partial charge in [-0.3, -0.25) is 0 Å². The minimum Gasteiger partial charge on any atom is -0.477 e. The van der Waals surface area contributed by atoms with Crippen molar-refractivity contribution in [2.75, 3.05) is 12.0 Å². The first kappa shape index (κ1) is 12.4. The van der Waals surface area contributed by atoms with Crippen LogP contribution in [0.3, 0.4) is 0 Å². The number of hydrazine groups is 1. The zero-order valence-electron chi connectivity index (χ0n) is 9.73. The SMILES string of the molecule is C=CCCOc1cc(NN)nc(C(C)C)n1. The van der Waals surface area contributed by atoms with Crippen LogP contribution in [-0.4, -0.2) is 16.6 Å². The van der Waals surface area contributed by atoms with Gasteiger partial charge in [0.25, 0.3) is 0 Å². The Kier molecular flexibility index (Phi) is 4.72. The first-order valence-corrected chi connectivity index (χ1v) is 5.26. The minimum atomic E-state index is 0.232. The standard InChI is InChI=1S/C11H18N4O/c1-4-5-6-16-10-7-9(15-12)13-11(14-10)8(2)3/h4,7-8H,1,5-6,12H2,2-3H3,(H,13,14,15). The number of hydrogen-bond donors (Lipinski definition) is 2. The van der Waals surface area contributed by atoms with Gasteiger partial charge in [-0.25, -0.2) is 10.8 Å². The van der Waals surface area contributed by atoms with Gasteiger partial charge in [-0.15, -0.1) is 6.58 Å². The zero-order valence-corrected chi connectivity index (χ0v) is 9.73. The summed E-state index contributed by atoms with van der Waals surface area (Å²) in [7, 11) is 0. The van der Waals surface area contributed by atoms with Gasteiger partial charge in [0.2, 0.25) is 5.88 Å². The lowest BCUT2D eigenvalue weighted by Crippen LogP contribution is -2.12. The molecule has 0 radical (unpaired) electrons. The van der Waals surface area contributed by atoms with Gasteiger partial charge in [-0.1, -0.05) is 19.9 Å². The number of ether oxygens (including phenoxy) is 1. The van der Waals surface area contributed by atoms with Crippen LogP contribution >= 0.6 is 0 Å². The summed E-state index contributed by atoms with van der Waals surface area (Å²) in [6, 6.07) is 1.68.